The van der Waals surface area contributed by atoms with E-state index in [4.69, 9.17) is 4.74 Å². The van der Waals surface area contributed by atoms with Gasteiger partial charge in [0.15, 0.2) is 0 Å². The van der Waals surface area contributed by atoms with E-state index in [2.05, 4.69) is 19.2 Å². The highest BCUT2D eigenvalue weighted by Gasteiger charge is 1.96. The zero-order valence-corrected chi connectivity index (χ0v) is 7.31. The van der Waals surface area contributed by atoms with Crippen LogP contribution in [0.3, 0.4) is 0 Å². The lowest BCUT2D eigenvalue weighted by Gasteiger charge is -2.11. The molecule has 2 heteroatoms. The van der Waals surface area contributed by atoms with E-state index in [1.54, 1.807) is 7.11 Å². The van der Waals surface area contributed by atoms with Gasteiger partial charge in [0, 0.05) is 19.7 Å². The van der Waals surface area contributed by atoms with E-state index < -0.39 is 0 Å². The normalized spacial score (nSPS) is 13.5. The van der Waals surface area contributed by atoms with E-state index >= 15 is 0 Å². The topological polar surface area (TPSA) is 21.3 Å². The van der Waals surface area contributed by atoms with Crippen molar-refractivity contribution in [2.75, 3.05) is 20.3 Å². The molecular weight excluding hydrogens is 126 g/mol. The first-order chi connectivity index (χ1) is 4.81. The summed E-state index contributed by atoms with van der Waals surface area (Å²) in [6.45, 7) is 6.19. The number of nitrogens with one attached hydrogen (secondary N) is 1. The molecular formula is C8H19NO. The van der Waals surface area contributed by atoms with Crippen LogP contribution in [-0.4, -0.2) is 26.3 Å². The molecule has 0 spiro atoms. The summed E-state index contributed by atoms with van der Waals surface area (Å²) >= 11 is 0. The summed E-state index contributed by atoms with van der Waals surface area (Å²) in [6, 6.07) is 0.639. The number of ether oxygens (including phenoxy) is 1. The number of methoxy groups -OCH3 is 1. The third-order valence-corrected chi connectivity index (χ3v) is 1.52. The van der Waals surface area contributed by atoms with Crippen molar-refractivity contribution in [2.45, 2.75) is 32.7 Å². The van der Waals surface area contributed by atoms with Gasteiger partial charge in [-0.3, -0.25) is 0 Å². The van der Waals surface area contributed by atoms with Crippen molar-refractivity contribution in [3.05, 3.63) is 0 Å². The third-order valence-electron chi connectivity index (χ3n) is 1.52. The first-order valence-electron chi connectivity index (χ1n) is 4.03. The highest BCUT2D eigenvalue weighted by molar-refractivity contribution is 4.57. The molecule has 0 aliphatic heterocycles. The fourth-order valence-corrected chi connectivity index (χ4v) is 0.942. The molecule has 10 heavy (non-hydrogen) atoms. The van der Waals surface area contributed by atoms with Crippen LogP contribution in [0, 0.1) is 0 Å². The summed E-state index contributed by atoms with van der Waals surface area (Å²) in [5.74, 6) is 0. The van der Waals surface area contributed by atoms with Gasteiger partial charge in [-0.1, -0.05) is 13.3 Å². The summed E-state index contributed by atoms with van der Waals surface area (Å²) in [5, 5.41) is 3.36. The highest BCUT2D eigenvalue weighted by Crippen LogP contribution is 1.93. The molecule has 62 valence electrons. The van der Waals surface area contributed by atoms with Crippen molar-refractivity contribution in [3.63, 3.8) is 0 Å². The van der Waals surface area contributed by atoms with E-state index in [-0.39, 0.29) is 0 Å². The lowest BCUT2D eigenvalue weighted by Crippen LogP contribution is -2.28. The molecule has 0 aliphatic rings. The van der Waals surface area contributed by atoms with Crippen molar-refractivity contribution >= 4 is 0 Å². The van der Waals surface area contributed by atoms with Crippen LogP contribution in [0.2, 0.25) is 0 Å². The third kappa shape index (κ3) is 6.05. The zero-order valence-electron chi connectivity index (χ0n) is 7.31. The summed E-state index contributed by atoms with van der Waals surface area (Å²) in [4.78, 5) is 0. The van der Waals surface area contributed by atoms with E-state index in [1.165, 1.54) is 12.8 Å². The zero-order chi connectivity index (χ0) is 7.82. The van der Waals surface area contributed by atoms with Crippen LogP contribution in [0.1, 0.15) is 26.7 Å². The molecule has 0 aromatic rings. The second kappa shape index (κ2) is 7.03. The second-order valence-corrected chi connectivity index (χ2v) is 2.64. The monoisotopic (exact) mass is 145 g/mol. The average molecular weight is 145 g/mol. The Morgan fingerprint density at radius 1 is 1.50 bits per heavy atom. The molecule has 1 N–H and O–H groups in total. The van der Waals surface area contributed by atoms with Crippen molar-refractivity contribution in [2.24, 2.45) is 0 Å². The largest absolute Gasteiger partial charge is 0.383 e. The molecule has 0 bridgehead atoms. The molecule has 1 unspecified atom stereocenters. The first-order valence-corrected chi connectivity index (χ1v) is 4.03. The standard InChI is InChI=1S/C8H19NO/c1-4-5-8(2)9-6-7-10-3/h8-9H,4-7H2,1-3H3. The van der Waals surface area contributed by atoms with Gasteiger partial charge in [0.25, 0.3) is 0 Å². The maximum Gasteiger partial charge on any atom is 0.0587 e. The summed E-state index contributed by atoms with van der Waals surface area (Å²) in [6.07, 6.45) is 2.50. The van der Waals surface area contributed by atoms with Crippen LogP contribution in [-0.2, 0) is 4.74 Å². The Morgan fingerprint density at radius 3 is 2.70 bits per heavy atom. The minimum atomic E-state index is 0.639. The summed E-state index contributed by atoms with van der Waals surface area (Å²) in [5.41, 5.74) is 0. The predicted octanol–water partition coefficient (Wildman–Crippen LogP) is 1.41. The van der Waals surface area contributed by atoms with Crippen molar-refractivity contribution < 1.29 is 4.74 Å². The maximum atomic E-state index is 4.91. The van der Waals surface area contributed by atoms with Gasteiger partial charge in [-0.25, -0.2) is 0 Å². The highest BCUT2D eigenvalue weighted by atomic mass is 16.5. The smallest absolute Gasteiger partial charge is 0.0587 e. The molecule has 0 radical (unpaired) electrons. The lowest BCUT2D eigenvalue weighted by atomic mass is 10.2. The Labute approximate surface area is 64.0 Å². The van der Waals surface area contributed by atoms with Gasteiger partial charge in [-0.05, 0) is 13.3 Å². The number of hydrogen-bond acceptors (Lipinski definition) is 2. The lowest BCUT2D eigenvalue weighted by molar-refractivity contribution is 0.196. The average Bonchev–Trinajstić information content (AvgIpc) is 1.89. The fourth-order valence-electron chi connectivity index (χ4n) is 0.942. The predicted molar refractivity (Wildman–Crippen MR) is 44.2 cm³/mol. The van der Waals surface area contributed by atoms with Crippen LogP contribution in [0.25, 0.3) is 0 Å². The molecule has 0 rings (SSSR count). The molecule has 0 aromatic carbocycles. The Balaban J connectivity index is 2.97. The molecule has 0 saturated carbocycles. The molecule has 0 amide bonds. The SMILES string of the molecule is CCCC(C)NCCOC. The number of rotatable bonds is 6. The molecule has 0 saturated heterocycles. The van der Waals surface area contributed by atoms with Crippen LogP contribution < -0.4 is 5.32 Å². The molecule has 0 aliphatic carbocycles. The molecule has 2 nitrogen and oxygen atoms in total. The molecule has 0 fully saturated rings. The van der Waals surface area contributed by atoms with Gasteiger partial charge in [0.2, 0.25) is 0 Å². The van der Waals surface area contributed by atoms with E-state index in [0.717, 1.165) is 13.2 Å². The minimum absolute atomic E-state index is 0.639. The van der Waals surface area contributed by atoms with Gasteiger partial charge in [-0.2, -0.15) is 0 Å². The summed E-state index contributed by atoms with van der Waals surface area (Å²) < 4.78 is 4.91. The molecule has 0 aromatic heterocycles. The van der Waals surface area contributed by atoms with Gasteiger partial charge in [0.1, 0.15) is 0 Å². The van der Waals surface area contributed by atoms with E-state index in [0.29, 0.717) is 6.04 Å². The Kier molecular flexibility index (Phi) is 6.98. The Bertz CT molecular complexity index is 66.3. The minimum Gasteiger partial charge on any atom is -0.383 e. The van der Waals surface area contributed by atoms with Gasteiger partial charge in [0.05, 0.1) is 6.61 Å². The van der Waals surface area contributed by atoms with Crippen LogP contribution in [0.5, 0.6) is 0 Å². The van der Waals surface area contributed by atoms with Crippen LogP contribution in [0.4, 0.5) is 0 Å². The molecule has 0 heterocycles. The van der Waals surface area contributed by atoms with Crippen LogP contribution in [0.15, 0.2) is 0 Å². The van der Waals surface area contributed by atoms with Gasteiger partial charge >= 0.3 is 0 Å². The summed E-state index contributed by atoms with van der Waals surface area (Å²) in [7, 11) is 1.73. The van der Waals surface area contributed by atoms with Gasteiger partial charge in [-0.15, -0.1) is 0 Å². The van der Waals surface area contributed by atoms with Crippen molar-refractivity contribution in [1.82, 2.24) is 5.32 Å². The number of hydrogen-bond donors (Lipinski definition) is 1. The molecule has 1 atom stereocenters. The fraction of sp³-hybridized carbons (Fsp3) is 1.00. The quantitative estimate of drug-likeness (QED) is 0.571. The maximum absolute atomic E-state index is 4.91. The Morgan fingerprint density at radius 2 is 2.20 bits per heavy atom. The van der Waals surface area contributed by atoms with E-state index in [1.807, 2.05) is 0 Å². The second-order valence-electron chi connectivity index (χ2n) is 2.64. The Hall–Kier alpha value is -0.0800. The van der Waals surface area contributed by atoms with Crippen molar-refractivity contribution in [1.29, 1.82) is 0 Å². The van der Waals surface area contributed by atoms with Crippen LogP contribution >= 0.6 is 0 Å². The van der Waals surface area contributed by atoms with E-state index in [9.17, 15) is 0 Å². The van der Waals surface area contributed by atoms with Gasteiger partial charge < -0.3 is 10.1 Å². The first kappa shape index (κ1) is 9.92. The van der Waals surface area contributed by atoms with Crippen molar-refractivity contribution in [3.8, 4) is 0 Å².